The van der Waals surface area contributed by atoms with Gasteiger partial charge in [0, 0.05) is 4.48 Å². The second kappa shape index (κ2) is 6.33. The molecule has 0 aliphatic heterocycles. The van der Waals surface area contributed by atoms with Crippen LogP contribution in [0.1, 0.15) is 38.8 Å². The first-order valence-electron chi connectivity index (χ1n) is 11.2. The number of fused-ring (bicyclic) bond motifs is 8. The molecule has 0 nitrogen and oxygen atoms in total. The van der Waals surface area contributed by atoms with E-state index in [9.17, 15) is 0 Å². The van der Waals surface area contributed by atoms with Crippen molar-refractivity contribution in [2.24, 2.45) is 11.8 Å². The van der Waals surface area contributed by atoms with E-state index in [-0.39, 0.29) is 10.8 Å². The summed E-state index contributed by atoms with van der Waals surface area (Å²) < 4.78 is 1.21. The SMILES string of the molecule is CC1(C)c2cc3c4ccccc4c4ccccc4c3cc2C(C)(C)C2C=C(Br)C=CC21. The van der Waals surface area contributed by atoms with E-state index < -0.39 is 0 Å². The number of hydrogen-bond donors (Lipinski definition) is 0. The Kier molecular flexibility index (Phi) is 3.94. The van der Waals surface area contributed by atoms with Gasteiger partial charge in [-0.3, -0.25) is 0 Å². The average Bonchev–Trinajstić information content (AvgIpc) is 2.77. The fourth-order valence-electron chi connectivity index (χ4n) is 6.37. The smallest absolute Gasteiger partial charge is 0.0135 e. The van der Waals surface area contributed by atoms with E-state index in [1.165, 1.54) is 47.9 Å². The summed E-state index contributed by atoms with van der Waals surface area (Å²) in [6.07, 6.45) is 7.12. The van der Waals surface area contributed by atoms with Gasteiger partial charge in [0.2, 0.25) is 0 Å². The standard InChI is InChI=1S/C30H27Br/c1-29(2)25-14-13-18(31)15-26(25)30(3,4)28-17-24-22-12-8-6-10-20(22)19-9-5-7-11-21(19)23(24)16-27(28)29/h5-17,25-26H,1-4H3. The Morgan fingerprint density at radius 2 is 1.03 bits per heavy atom. The van der Waals surface area contributed by atoms with Gasteiger partial charge in [-0.25, -0.2) is 0 Å². The molecular formula is C30H27Br. The molecular weight excluding hydrogens is 440 g/mol. The molecule has 4 aromatic carbocycles. The molecule has 2 aliphatic rings. The number of rotatable bonds is 0. The zero-order valence-corrected chi connectivity index (χ0v) is 20.1. The van der Waals surface area contributed by atoms with Crippen LogP contribution < -0.4 is 0 Å². The molecule has 0 fully saturated rings. The highest BCUT2D eigenvalue weighted by Crippen LogP contribution is 2.56. The lowest BCUT2D eigenvalue weighted by atomic mass is 9.51. The van der Waals surface area contributed by atoms with Crippen LogP contribution in [0.2, 0.25) is 0 Å². The van der Waals surface area contributed by atoms with Crippen LogP contribution >= 0.6 is 15.9 Å². The highest BCUT2D eigenvalue weighted by atomic mass is 79.9. The minimum atomic E-state index is 0.0558. The Morgan fingerprint density at radius 3 is 1.52 bits per heavy atom. The first-order chi connectivity index (χ1) is 14.8. The van der Waals surface area contributed by atoms with E-state index in [0.717, 1.165) is 0 Å². The van der Waals surface area contributed by atoms with E-state index in [2.05, 4.69) is 123 Å². The predicted octanol–water partition coefficient (Wildman–Crippen LogP) is 8.80. The second-order valence-electron chi connectivity index (χ2n) is 10.4. The average molecular weight is 467 g/mol. The maximum Gasteiger partial charge on any atom is 0.0135 e. The van der Waals surface area contributed by atoms with Crippen LogP contribution in [0.25, 0.3) is 32.3 Å². The third kappa shape index (κ3) is 2.53. The molecule has 0 aromatic heterocycles. The van der Waals surface area contributed by atoms with Crippen LogP contribution in [0.4, 0.5) is 0 Å². The molecule has 1 heteroatoms. The van der Waals surface area contributed by atoms with Crippen molar-refractivity contribution < 1.29 is 0 Å². The van der Waals surface area contributed by atoms with Gasteiger partial charge < -0.3 is 0 Å². The lowest BCUT2D eigenvalue weighted by Gasteiger charge is -2.52. The highest BCUT2D eigenvalue weighted by molar-refractivity contribution is 9.11. The van der Waals surface area contributed by atoms with Crippen LogP contribution in [0.3, 0.4) is 0 Å². The lowest BCUT2D eigenvalue weighted by molar-refractivity contribution is 0.190. The van der Waals surface area contributed by atoms with Crippen molar-refractivity contribution in [3.8, 4) is 0 Å². The molecule has 6 rings (SSSR count). The third-order valence-electron chi connectivity index (χ3n) is 8.13. The van der Waals surface area contributed by atoms with Crippen LogP contribution in [-0.2, 0) is 10.8 Å². The monoisotopic (exact) mass is 466 g/mol. The number of halogens is 1. The van der Waals surface area contributed by atoms with Crippen molar-refractivity contribution in [2.45, 2.75) is 38.5 Å². The van der Waals surface area contributed by atoms with Crippen molar-refractivity contribution in [3.63, 3.8) is 0 Å². The van der Waals surface area contributed by atoms with E-state index in [0.29, 0.717) is 11.8 Å². The molecule has 0 bridgehead atoms. The normalized spacial score (nSPS) is 23.6. The van der Waals surface area contributed by atoms with Crippen molar-refractivity contribution in [1.82, 2.24) is 0 Å². The Hall–Kier alpha value is -2.38. The quantitative estimate of drug-likeness (QED) is 0.227. The Bertz CT molecular complexity index is 1450. The molecule has 0 heterocycles. The molecule has 0 saturated carbocycles. The first-order valence-corrected chi connectivity index (χ1v) is 12.0. The molecule has 0 N–H and O–H groups in total. The van der Waals surface area contributed by atoms with Crippen molar-refractivity contribution in [1.29, 1.82) is 0 Å². The number of benzene rings is 4. The molecule has 31 heavy (non-hydrogen) atoms. The van der Waals surface area contributed by atoms with Gasteiger partial charge in [-0.05, 0) is 78.2 Å². The van der Waals surface area contributed by atoms with Gasteiger partial charge in [-0.15, -0.1) is 0 Å². The van der Waals surface area contributed by atoms with Crippen molar-refractivity contribution in [2.75, 3.05) is 0 Å². The van der Waals surface area contributed by atoms with Crippen LogP contribution in [0.15, 0.2) is 83.4 Å². The summed E-state index contributed by atoms with van der Waals surface area (Å²) in [7, 11) is 0. The number of allylic oxidation sites excluding steroid dienone is 4. The van der Waals surface area contributed by atoms with Gasteiger partial charge >= 0.3 is 0 Å². The fourth-order valence-corrected chi connectivity index (χ4v) is 6.81. The van der Waals surface area contributed by atoms with Gasteiger partial charge in [-0.2, -0.15) is 0 Å². The summed E-state index contributed by atoms with van der Waals surface area (Å²) >= 11 is 3.75. The predicted molar refractivity (Wildman–Crippen MR) is 138 cm³/mol. The third-order valence-corrected chi connectivity index (χ3v) is 8.65. The largest absolute Gasteiger partial charge is 0.0788 e. The minimum absolute atomic E-state index is 0.0558. The van der Waals surface area contributed by atoms with E-state index in [1.807, 2.05) is 0 Å². The van der Waals surface area contributed by atoms with Gasteiger partial charge in [0.15, 0.2) is 0 Å². The van der Waals surface area contributed by atoms with Crippen LogP contribution in [-0.4, -0.2) is 0 Å². The van der Waals surface area contributed by atoms with Crippen LogP contribution in [0, 0.1) is 11.8 Å². The Morgan fingerprint density at radius 1 is 0.613 bits per heavy atom. The van der Waals surface area contributed by atoms with E-state index >= 15 is 0 Å². The first kappa shape index (κ1) is 19.3. The molecule has 0 saturated heterocycles. The molecule has 154 valence electrons. The lowest BCUT2D eigenvalue weighted by Crippen LogP contribution is -2.48. The van der Waals surface area contributed by atoms with E-state index in [1.54, 1.807) is 0 Å². The van der Waals surface area contributed by atoms with Gasteiger partial charge in [0.1, 0.15) is 0 Å². The summed E-state index contributed by atoms with van der Waals surface area (Å²) in [5.41, 5.74) is 3.12. The Balaban J connectivity index is 1.79. The van der Waals surface area contributed by atoms with Gasteiger partial charge in [0.25, 0.3) is 0 Å². The summed E-state index contributed by atoms with van der Waals surface area (Å²) in [6.45, 7) is 9.74. The summed E-state index contributed by atoms with van der Waals surface area (Å²) in [5, 5.41) is 8.17. The highest BCUT2D eigenvalue weighted by Gasteiger charge is 2.50. The summed E-state index contributed by atoms with van der Waals surface area (Å²) in [5.74, 6) is 0.957. The van der Waals surface area contributed by atoms with E-state index in [4.69, 9.17) is 0 Å². The zero-order valence-electron chi connectivity index (χ0n) is 18.5. The Labute approximate surface area is 192 Å². The van der Waals surface area contributed by atoms with Gasteiger partial charge in [0.05, 0.1) is 0 Å². The van der Waals surface area contributed by atoms with Gasteiger partial charge in [-0.1, -0.05) is 110 Å². The topological polar surface area (TPSA) is 0 Å². The fraction of sp³-hybridized carbons (Fsp3) is 0.267. The van der Waals surface area contributed by atoms with Crippen molar-refractivity contribution >= 4 is 48.2 Å². The summed E-state index contributed by atoms with van der Waals surface area (Å²) in [4.78, 5) is 0. The maximum absolute atomic E-state index is 3.75. The maximum atomic E-state index is 3.75. The molecule has 0 radical (unpaired) electrons. The van der Waals surface area contributed by atoms with Crippen molar-refractivity contribution in [3.05, 3.63) is 94.5 Å². The molecule has 0 spiro atoms. The molecule has 4 aromatic rings. The molecule has 2 aliphatic carbocycles. The summed E-state index contributed by atoms with van der Waals surface area (Å²) in [6, 6.07) is 22.8. The minimum Gasteiger partial charge on any atom is -0.0788 e. The molecule has 2 unspecified atom stereocenters. The van der Waals surface area contributed by atoms with Crippen LogP contribution in [0.5, 0.6) is 0 Å². The molecule has 2 atom stereocenters. The zero-order chi connectivity index (χ0) is 21.5. The molecule has 0 amide bonds. The number of hydrogen-bond acceptors (Lipinski definition) is 0. The second-order valence-corrected chi connectivity index (χ2v) is 11.4.